The van der Waals surface area contributed by atoms with Crippen molar-refractivity contribution >= 4 is 17.3 Å². The van der Waals surface area contributed by atoms with Gasteiger partial charge >= 0.3 is 6.16 Å². The molecule has 2 heterocycles. The molecule has 0 bridgehead atoms. The van der Waals surface area contributed by atoms with E-state index in [1.54, 1.807) is 18.2 Å². The van der Waals surface area contributed by atoms with Crippen molar-refractivity contribution < 1.29 is 14.6 Å². The summed E-state index contributed by atoms with van der Waals surface area (Å²) in [6.07, 6.45) is 1.46. The number of fused-ring (bicyclic) bond motifs is 1. The number of nitriles is 1. The summed E-state index contributed by atoms with van der Waals surface area (Å²) in [4.78, 5) is 19.3. The van der Waals surface area contributed by atoms with E-state index in [0.717, 1.165) is 17.8 Å². The second kappa shape index (κ2) is 6.38. The highest BCUT2D eigenvalue weighted by molar-refractivity contribution is 5.74. The summed E-state index contributed by atoms with van der Waals surface area (Å²) in [5, 5.41) is 17.5. The standard InChI is InChI=1S/C17H14N4O3/c1-21-15(7-6-11-2-4-12(9-18)5-3-11)20-14-8-13(24-17(22)23)10-19-16(14)21/h2-5,8,10H,6-7H2,1H3,(H,22,23). The van der Waals surface area contributed by atoms with Gasteiger partial charge in [0.05, 0.1) is 17.8 Å². The van der Waals surface area contributed by atoms with Crippen molar-refractivity contribution in [3.63, 3.8) is 0 Å². The molecule has 1 aromatic carbocycles. The minimum atomic E-state index is -1.38. The van der Waals surface area contributed by atoms with E-state index >= 15 is 0 Å². The van der Waals surface area contributed by atoms with Crippen molar-refractivity contribution in [3.8, 4) is 11.8 Å². The number of pyridine rings is 1. The number of hydrogen-bond donors (Lipinski definition) is 1. The van der Waals surface area contributed by atoms with Crippen LogP contribution in [0.5, 0.6) is 5.75 Å². The first-order valence-electron chi connectivity index (χ1n) is 7.28. The molecule has 0 unspecified atom stereocenters. The third-order valence-corrected chi connectivity index (χ3v) is 3.70. The largest absolute Gasteiger partial charge is 0.511 e. The molecule has 0 radical (unpaired) electrons. The first-order chi connectivity index (χ1) is 11.6. The van der Waals surface area contributed by atoms with Crippen LogP contribution in [-0.2, 0) is 19.9 Å². The summed E-state index contributed by atoms with van der Waals surface area (Å²) in [7, 11) is 1.87. The number of imidazole rings is 1. The van der Waals surface area contributed by atoms with Crippen LogP contribution < -0.4 is 4.74 Å². The molecule has 24 heavy (non-hydrogen) atoms. The van der Waals surface area contributed by atoms with E-state index in [2.05, 4.69) is 20.8 Å². The average molecular weight is 322 g/mol. The molecule has 3 rings (SSSR count). The Labute approximate surface area is 137 Å². The van der Waals surface area contributed by atoms with Crippen LogP contribution in [0.25, 0.3) is 11.2 Å². The highest BCUT2D eigenvalue weighted by atomic mass is 16.7. The maximum Gasteiger partial charge on any atom is 0.511 e. The molecule has 0 amide bonds. The van der Waals surface area contributed by atoms with Crippen LogP contribution >= 0.6 is 0 Å². The number of aryl methyl sites for hydroxylation is 3. The van der Waals surface area contributed by atoms with Gasteiger partial charge in [-0.25, -0.2) is 14.8 Å². The lowest BCUT2D eigenvalue weighted by Gasteiger charge is -2.03. The summed E-state index contributed by atoms with van der Waals surface area (Å²) in [5.74, 6) is 0.987. The van der Waals surface area contributed by atoms with Crippen LogP contribution in [0.4, 0.5) is 4.79 Å². The number of nitrogens with zero attached hydrogens (tertiary/aromatic N) is 4. The van der Waals surface area contributed by atoms with Crippen LogP contribution in [-0.4, -0.2) is 25.8 Å². The van der Waals surface area contributed by atoms with Gasteiger partial charge in [0.25, 0.3) is 0 Å². The number of carbonyl (C=O) groups is 1. The van der Waals surface area contributed by atoms with Gasteiger partial charge in [-0.15, -0.1) is 0 Å². The Balaban J connectivity index is 1.80. The second-order valence-electron chi connectivity index (χ2n) is 5.28. The van der Waals surface area contributed by atoms with Gasteiger partial charge in [-0.1, -0.05) is 12.1 Å². The Morgan fingerprint density at radius 1 is 1.33 bits per heavy atom. The van der Waals surface area contributed by atoms with Gasteiger partial charge in [-0.05, 0) is 24.1 Å². The number of benzene rings is 1. The number of hydrogen-bond acceptors (Lipinski definition) is 5. The van der Waals surface area contributed by atoms with Crippen LogP contribution in [0.1, 0.15) is 17.0 Å². The molecule has 2 aromatic heterocycles. The molecule has 0 aliphatic carbocycles. The fraction of sp³-hybridized carbons (Fsp3) is 0.176. The Morgan fingerprint density at radius 2 is 2.08 bits per heavy atom. The third-order valence-electron chi connectivity index (χ3n) is 3.70. The lowest BCUT2D eigenvalue weighted by molar-refractivity contribution is 0.144. The Morgan fingerprint density at radius 3 is 2.75 bits per heavy atom. The lowest BCUT2D eigenvalue weighted by Crippen LogP contribution is -2.03. The van der Waals surface area contributed by atoms with E-state index in [1.807, 2.05) is 23.7 Å². The van der Waals surface area contributed by atoms with Crippen molar-refractivity contribution in [2.24, 2.45) is 7.05 Å². The van der Waals surface area contributed by atoms with Crippen molar-refractivity contribution in [2.45, 2.75) is 12.8 Å². The van der Waals surface area contributed by atoms with Gasteiger partial charge in [0.1, 0.15) is 11.3 Å². The van der Waals surface area contributed by atoms with Gasteiger partial charge in [0.2, 0.25) is 0 Å². The second-order valence-corrected chi connectivity index (χ2v) is 5.28. The molecule has 0 aliphatic heterocycles. The summed E-state index contributed by atoms with van der Waals surface area (Å²) in [6.45, 7) is 0. The average Bonchev–Trinajstić information content (AvgIpc) is 2.88. The fourth-order valence-corrected chi connectivity index (χ4v) is 2.49. The summed E-state index contributed by atoms with van der Waals surface area (Å²) in [6, 6.07) is 11.1. The Bertz CT molecular complexity index is 939. The molecule has 7 heteroatoms. The summed E-state index contributed by atoms with van der Waals surface area (Å²) >= 11 is 0. The van der Waals surface area contributed by atoms with E-state index in [0.29, 0.717) is 23.1 Å². The molecule has 7 nitrogen and oxygen atoms in total. The first kappa shape index (κ1) is 15.5. The van der Waals surface area contributed by atoms with Crippen LogP contribution in [0, 0.1) is 11.3 Å². The van der Waals surface area contributed by atoms with Crippen molar-refractivity contribution in [1.29, 1.82) is 5.26 Å². The summed E-state index contributed by atoms with van der Waals surface area (Å²) in [5.41, 5.74) is 3.01. The first-order valence-corrected chi connectivity index (χ1v) is 7.28. The van der Waals surface area contributed by atoms with E-state index < -0.39 is 6.16 Å². The smallest absolute Gasteiger partial charge is 0.449 e. The quantitative estimate of drug-likeness (QED) is 0.741. The van der Waals surface area contributed by atoms with Crippen molar-refractivity contribution in [1.82, 2.24) is 14.5 Å². The van der Waals surface area contributed by atoms with Crippen molar-refractivity contribution in [3.05, 3.63) is 53.5 Å². The van der Waals surface area contributed by atoms with Gasteiger partial charge in [-0.3, -0.25) is 0 Å². The van der Waals surface area contributed by atoms with Crippen LogP contribution in [0.2, 0.25) is 0 Å². The van der Waals surface area contributed by atoms with Crippen LogP contribution in [0.3, 0.4) is 0 Å². The van der Waals surface area contributed by atoms with E-state index in [-0.39, 0.29) is 5.75 Å². The lowest BCUT2D eigenvalue weighted by atomic mass is 10.1. The predicted molar refractivity (Wildman–Crippen MR) is 85.7 cm³/mol. The molecular formula is C17H14N4O3. The molecule has 120 valence electrons. The highest BCUT2D eigenvalue weighted by Gasteiger charge is 2.11. The number of carboxylic acid groups (broad SMARTS) is 1. The SMILES string of the molecule is Cn1c(CCc2ccc(C#N)cc2)nc2cc(OC(=O)O)cnc21. The number of ether oxygens (including phenoxy) is 1. The topological polar surface area (TPSA) is 101 Å². The van der Waals surface area contributed by atoms with E-state index in [9.17, 15) is 4.79 Å². The molecule has 0 atom stereocenters. The maximum atomic E-state index is 10.6. The Kier molecular flexibility index (Phi) is 4.12. The molecule has 0 spiro atoms. The zero-order chi connectivity index (χ0) is 17.1. The van der Waals surface area contributed by atoms with Gasteiger partial charge in [0, 0.05) is 19.5 Å². The van der Waals surface area contributed by atoms with Gasteiger partial charge in [0.15, 0.2) is 11.4 Å². The zero-order valence-corrected chi connectivity index (χ0v) is 12.9. The monoisotopic (exact) mass is 322 g/mol. The predicted octanol–water partition coefficient (Wildman–Crippen LogP) is 2.68. The molecule has 0 saturated heterocycles. The van der Waals surface area contributed by atoms with Gasteiger partial charge in [-0.2, -0.15) is 5.26 Å². The number of rotatable bonds is 4. The molecular weight excluding hydrogens is 308 g/mol. The Hall–Kier alpha value is -3.40. The minimum absolute atomic E-state index is 0.145. The maximum absolute atomic E-state index is 10.6. The molecule has 0 fully saturated rings. The van der Waals surface area contributed by atoms with Crippen molar-refractivity contribution in [2.75, 3.05) is 0 Å². The summed E-state index contributed by atoms with van der Waals surface area (Å²) < 4.78 is 6.48. The van der Waals surface area contributed by atoms with E-state index in [1.165, 1.54) is 6.20 Å². The van der Waals surface area contributed by atoms with Gasteiger partial charge < -0.3 is 14.4 Å². The molecule has 0 saturated carbocycles. The minimum Gasteiger partial charge on any atom is -0.449 e. The molecule has 1 N–H and O–H groups in total. The fourth-order valence-electron chi connectivity index (χ4n) is 2.49. The molecule has 3 aromatic rings. The molecule has 0 aliphatic rings. The highest BCUT2D eigenvalue weighted by Crippen LogP contribution is 2.19. The van der Waals surface area contributed by atoms with Crippen LogP contribution in [0.15, 0.2) is 36.5 Å². The third kappa shape index (κ3) is 3.17. The van der Waals surface area contributed by atoms with E-state index in [4.69, 9.17) is 10.4 Å². The zero-order valence-electron chi connectivity index (χ0n) is 12.9. The number of aromatic nitrogens is 3. The normalized spacial score (nSPS) is 10.5.